The second kappa shape index (κ2) is 6.07. The van der Waals surface area contributed by atoms with Crippen LogP contribution in [0, 0.1) is 0 Å². The number of rotatable bonds is 4. The van der Waals surface area contributed by atoms with Gasteiger partial charge in [0.2, 0.25) is 11.7 Å². The Labute approximate surface area is 129 Å². The van der Waals surface area contributed by atoms with E-state index in [4.69, 9.17) is 16.1 Å². The highest BCUT2D eigenvalue weighted by Gasteiger charge is 2.12. The van der Waals surface area contributed by atoms with Gasteiger partial charge in [0.25, 0.3) is 5.91 Å². The highest BCUT2D eigenvalue weighted by atomic mass is 35.5. The molecule has 0 saturated heterocycles. The Morgan fingerprint density at radius 3 is 2.90 bits per heavy atom. The van der Waals surface area contributed by atoms with Gasteiger partial charge in [0.1, 0.15) is 0 Å². The van der Waals surface area contributed by atoms with Gasteiger partial charge >= 0.3 is 0 Å². The molecule has 0 bridgehead atoms. The average Bonchev–Trinajstić information content (AvgIpc) is 3.16. The number of carbonyl (C=O) groups excluding carboxylic acids is 1. The van der Waals surface area contributed by atoms with E-state index >= 15 is 0 Å². The molecule has 0 aliphatic carbocycles. The molecule has 7 heteroatoms. The van der Waals surface area contributed by atoms with Crippen molar-refractivity contribution in [3.05, 3.63) is 58.3 Å². The first-order chi connectivity index (χ1) is 10.2. The maximum Gasteiger partial charge on any atom is 0.253 e. The number of halogens is 1. The standard InChI is InChI=1S/C14H10ClN3O2S/c15-10-5-2-1-4-9(10)14(19)16-8-12-17-13(18-20-12)11-6-3-7-21-11/h1-7H,8H2,(H,16,19). The number of thiophene rings is 1. The molecule has 3 rings (SSSR count). The van der Waals surface area contributed by atoms with Gasteiger partial charge in [-0.25, -0.2) is 0 Å². The van der Waals surface area contributed by atoms with Crippen molar-refractivity contribution < 1.29 is 9.32 Å². The molecule has 106 valence electrons. The van der Waals surface area contributed by atoms with Crippen LogP contribution in [0.1, 0.15) is 16.2 Å². The molecule has 0 unspecified atom stereocenters. The highest BCUT2D eigenvalue weighted by Crippen LogP contribution is 2.21. The van der Waals surface area contributed by atoms with E-state index in [0.29, 0.717) is 22.3 Å². The van der Waals surface area contributed by atoms with Crippen LogP contribution in [0.4, 0.5) is 0 Å². The molecule has 5 nitrogen and oxygen atoms in total. The summed E-state index contributed by atoms with van der Waals surface area (Å²) in [6, 6.07) is 10.7. The van der Waals surface area contributed by atoms with Gasteiger partial charge in [0.15, 0.2) is 0 Å². The van der Waals surface area contributed by atoms with Crippen LogP contribution in [0.25, 0.3) is 10.7 Å². The summed E-state index contributed by atoms with van der Waals surface area (Å²) in [5.41, 5.74) is 0.414. The van der Waals surface area contributed by atoms with E-state index in [2.05, 4.69) is 15.5 Å². The Morgan fingerprint density at radius 1 is 1.29 bits per heavy atom. The summed E-state index contributed by atoms with van der Waals surface area (Å²) in [5, 5.41) is 8.91. The van der Waals surface area contributed by atoms with Crippen molar-refractivity contribution >= 4 is 28.8 Å². The van der Waals surface area contributed by atoms with Gasteiger partial charge in [-0.1, -0.05) is 35.0 Å². The van der Waals surface area contributed by atoms with E-state index in [1.165, 1.54) is 11.3 Å². The summed E-state index contributed by atoms with van der Waals surface area (Å²) in [6.07, 6.45) is 0. The SMILES string of the molecule is O=C(NCc1nc(-c2cccs2)no1)c1ccccc1Cl. The molecule has 0 atom stereocenters. The van der Waals surface area contributed by atoms with E-state index in [0.717, 1.165) is 4.88 Å². The third-order valence-electron chi connectivity index (χ3n) is 2.73. The minimum atomic E-state index is -0.281. The quantitative estimate of drug-likeness (QED) is 0.800. The molecular weight excluding hydrogens is 310 g/mol. The van der Waals surface area contributed by atoms with Crippen LogP contribution in [0.2, 0.25) is 5.02 Å². The molecule has 0 spiro atoms. The van der Waals surface area contributed by atoms with Crippen molar-refractivity contribution in [3.8, 4) is 10.7 Å². The minimum absolute atomic E-state index is 0.155. The van der Waals surface area contributed by atoms with E-state index in [1.807, 2.05) is 17.5 Å². The Balaban J connectivity index is 1.66. The Hall–Kier alpha value is -2.18. The maximum absolute atomic E-state index is 12.0. The number of benzene rings is 1. The number of hydrogen-bond acceptors (Lipinski definition) is 5. The van der Waals surface area contributed by atoms with Gasteiger partial charge in [-0.15, -0.1) is 11.3 Å². The molecule has 2 heterocycles. The third kappa shape index (κ3) is 3.12. The summed E-state index contributed by atoms with van der Waals surface area (Å²) >= 11 is 7.48. The van der Waals surface area contributed by atoms with Crippen LogP contribution in [-0.4, -0.2) is 16.0 Å². The molecule has 0 aliphatic heterocycles. The zero-order valence-corrected chi connectivity index (χ0v) is 12.3. The monoisotopic (exact) mass is 319 g/mol. The van der Waals surface area contributed by atoms with Crippen molar-refractivity contribution in [2.45, 2.75) is 6.54 Å². The summed E-state index contributed by atoms with van der Waals surface area (Å²) < 4.78 is 5.10. The summed E-state index contributed by atoms with van der Waals surface area (Å²) in [6.45, 7) is 0.155. The molecule has 21 heavy (non-hydrogen) atoms. The van der Waals surface area contributed by atoms with Crippen molar-refractivity contribution in [3.63, 3.8) is 0 Å². The number of carbonyl (C=O) groups is 1. The Kier molecular flexibility index (Phi) is 3.98. The number of hydrogen-bond donors (Lipinski definition) is 1. The van der Waals surface area contributed by atoms with Crippen molar-refractivity contribution in [2.24, 2.45) is 0 Å². The number of amides is 1. The molecule has 0 aliphatic rings. The van der Waals surface area contributed by atoms with E-state index in [1.54, 1.807) is 24.3 Å². The average molecular weight is 320 g/mol. The molecular formula is C14H10ClN3O2S. The second-order valence-electron chi connectivity index (χ2n) is 4.15. The van der Waals surface area contributed by atoms with Crippen LogP contribution in [0.3, 0.4) is 0 Å². The zero-order valence-electron chi connectivity index (χ0n) is 10.7. The number of nitrogens with zero attached hydrogens (tertiary/aromatic N) is 2. The Morgan fingerprint density at radius 2 is 2.14 bits per heavy atom. The van der Waals surface area contributed by atoms with Crippen LogP contribution in [-0.2, 0) is 6.54 Å². The molecule has 1 amide bonds. The summed E-state index contributed by atoms with van der Waals surface area (Å²) in [7, 11) is 0. The minimum Gasteiger partial charge on any atom is -0.343 e. The fraction of sp³-hybridized carbons (Fsp3) is 0.0714. The highest BCUT2D eigenvalue weighted by molar-refractivity contribution is 7.13. The van der Waals surface area contributed by atoms with Gasteiger partial charge in [-0.05, 0) is 23.6 Å². The van der Waals surface area contributed by atoms with E-state index in [-0.39, 0.29) is 12.5 Å². The van der Waals surface area contributed by atoms with Crippen molar-refractivity contribution in [1.29, 1.82) is 0 Å². The number of nitrogens with one attached hydrogen (secondary N) is 1. The molecule has 0 radical (unpaired) electrons. The Bertz CT molecular complexity index is 755. The first kappa shape index (κ1) is 13.8. The normalized spacial score (nSPS) is 10.5. The van der Waals surface area contributed by atoms with Gasteiger partial charge in [-0.3, -0.25) is 4.79 Å². The molecule has 0 saturated carbocycles. The number of aromatic nitrogens is 2. The van der Waals surface area contributed by atoms with Gasteiger partial charge in [0.05, 0.1) is 22.0 Å². The molecule has 2 aromatic heterocycles. The fourth-order valence-electron chi connectivity index (χ4n) is 1.73. The lowest BCUT2D eigenvalue weighted by molar-refractivity contribution is 0.0946. The first-order valence-electron chi connectivity index (χ1n) is 6.13. The molecule has 3 aromatic rings. The zero-order chi connectivity index (χ0) is 14.7. The first-order valence-corrected chi connectivity index (χ1v) is 7.39. The fourth-order valence-corrected chi connectivity index (χ4v) is 2.60. The lowest BCUT2D eigenvalue weighted by Crippen LogP contribution is -2.23. The molecule has 0 fully saturated rings. The lowest BCUT2D eigenvalue weighted by atomic mass is 10.2. The predicted molar refractivity (Wildman–Crippen MR) is 80.2 cm³/mol. The third-order valence-corrected chi connectivity index (χ3v) is 3.92. The van der Waals surface area contributed by atoms with Crippen molar-refractivity contribution in [2.75, 3.05) is 0 Å². The topological polar surface area (TPSA) is 68.0 Å². The summed E-state index contributed by atoms with van der Waals surface area (Å²) in [5.74, 6) is 0.585. The van der Waals surface area contributed by atoms with Crippen LogP contribution in [0.15, 0.2) is 46.3 Å². The second-order valence-corrected chi connectivity index (χ2v) is 5.51. The van der Waals surface area contributed by atoms with Crippen LogP contribution >= 0.6 is 22.9 Å². The van der Waals surface area contributed by atoms with Gasteiger partial charge < -0.3 is 9.84 Å². The van der Waals surface area contributed by atoms with Crippen LogP contribution in [0.5, 0.6) is 0 Å². The van der Waals surface area contributed by atoms with E-state index in [9.17, 15) is 4.79 Å². The maximum atomic E-state index is 12.0. The molecule has 1 aromatic carbocycles. The van der Waals surface area contributed by atoms with Crippen molar-refractivity contribution in [1.82, 2.24) is 15.5 Å². The van der Waals surface area contributed by atoms with E-state index < -0.39 is 0 Å². The summed E-state index contributed by atoms with van der Waals surface area (Å²) in [4.78, 5) is 17.1. The molecule has 1 N–H and O–H groups in total. The predicted octanol–water partition coefficient (Wildman–Crippen LogP) is 3.38. The van der Waals surface area contributed by atoms with Gasteiger partial charge in [0, 0.05) is 0 Å². The van der Waals surface area contributed by atoms with Crippen LogP contribution < -0.4 is 5.32 Å². The van der Waals surface area contributed by atoms with Gasteiger partial charge in [-0.2, -0.15) is 4.98 Å². The smallest absolute Gasteiger partial charge is 0.253 e. The largest absolute Gasteiger partial charge is 0.343 e. The lowest BCUT2D eigenvalue weighted by Gasteiger charge is -2.03.